The Morgan fingerprint density at radius 3 is 2.06 bits per heavy atom. The Hall–Kier alpha value is -0.690. The van der Waals surface area contributed by atoms with Crippen molar-refractivity contribution in [2.45, 2.75) is 32.1 Å². The maximum Gasteiger partial charge on any atom is 0.305 e. The molecule has 6 heteroatoms. The van der Waals surface area contributed by atoms with Crippen molar-refractivity contribution < 1.29 is 14.6 Å². The van der Waals surface area contributed by atoms with Crippen LogP contribution >= 0.6 is 0 Å². The molecule has 0 amide bonds. The van der Waals surface area contributed by atoms with Gasteiger partial charge in [-0.25, -0.2) is 0 Å². The predicted molar refractivity (Wildman–Crippen MR) is 71.1 cm³/mol. The summed E-state index contributed by atoms with van der Waals surface area (Å²) in [4.78, 5) is 10.4. The van der Waals surface area contributed by atoms with Gasteiger partial charge in [-0.05, 0) is 38.8 Å². The summed E-state index contributed by atoms with van der Waals surface area (Å²) in [6.07, 6.45) is 3.60. The number of carboxylic acids is 1. The van der Waals surface area contributed by atoms with Crippen molar-refractivity contribution in [3.63, 3.8) is 0 Å². The van der Waals surface area contributed by atoms with Crippen LogP contribution < -0.4 is 17.2 Å². The smallest absolute Gasteiger partial charge is 0.305 e. The molecule has 0 rings (SSSR count). The van der Waals surface area contributed by atoms with Gasteiger partial charge in [-0.1, -0.05) is 0 Å². The molecule has 0 atom stereocenters. The second-order valence-corrected chi connectivity index (χ2v) is 4.68. The first-order chi connectivity index (χ1) is 8.60. The summed E-state index contributed by atoms with van der Waals surface area (Å²) in [6, 6.07) is 0. The topological polar surface area (TPSA) is 125 Å². The van der Waals surface area contributed by atoms with Gasteiger partial charge in [0.1, 0.15) is 0 Å². The fourth-order valence-corrected chi connectivity index (χ4v) is 1.93. The molecule has 0 saturated carbocycles. The first kappa shape index (κ1) is 17.3. The molecule has 0 aromatic carbocycles. The number of carboxylic acid groups (broad SMARTS) is 1. The molecule has 0 unspecified atom stereocenters. The number of nitrogens with two attached hydrogens (primary N) is 3. The van der Waals surface area contributed by atoms with Crippen molar-refractivity contribution in [1.82, 2.24) is 0 Å². The van der Waals surface area contributed by atoms with Crippen molar-refractivity contribution in [2.24, 2.45) is 22.6 Å². The lowest BCUT2D eigenvalue weighted by atomic mass is 9.79. The van der Waals surface area contributed by atoms with Crippen LogP contribution in [0.15, 0.2) is 0 Å². The van der Waals surface area contributed by atoms with E-state index in [1.807, 2.05) is 0 Å². The summed E-state index contributed by atoms with van der Waals surface area (Å²) in [5.41, 5.74) is 16.8. The summed E-state index contributed by atoms with van der Waals surface area (Å²) in [5.74, 6) is -0.850. The molecule has 18 heavy (non-hydrogen) atoms. The zero-order valence-corrected chi connectivity index (χ0v) is 11.1. The van der Waals surface area contributed by atoms with Crippen LogP contribution in [0.2, 0.25) is 0 Å². The zero-order chi connectivity index (χ0) is 13.9. The predicted octanol–water partition coefficient (Wildman–Crippen LogP) is -0.0994. The van der Waals surface area contributed by atoms with Gasteiger partial charge in [0, 0.05) is 12.0 Å². The van der Waals surface area contributed by atoms with Gasteiger partial charge in [-0.3, -0.25) is 4.79 Å². The molecule has 0 bridgehead atoms. The molecule has 0 saturated heterocycles. The number of hydrogen-bond acceptors (Lipinski definition) is 5. The van der Waals surface area contributed by atoms with E-state index in [0.29, 0.717) is 26.2 Å². The fourth-order valence-electron chi connectivity index (χ4n) is 1.93. The minimum atomic E-state index is -0.850. The number of rotatable bonds is 12. The fraction of sp³-hybridized carbons (Fsp3) is 0.917. The highest BCUT2D eigenvalue weighted by molar-refractivity contribution is 5.66. The highest BCUT2D eigenvalue weighted by Gasteiger charge is 2.27. The summed E-state index contributed by atoms with van der Waals surface area (Å²) in [6.45, 7) is 2.47. The van der Waals surface area contributed by atoms with Crippen molar-refractivity contribution in [1.29, 1.82) is 0 Å². The van der Waals surface area contributed by atoms with E-state index in [4.69, 9.17) is 27.0 Å². The molecule has 108 valence electrons. The molecule has 0 aliphatic rings. The van der Waals surface area contributed by atoms with Crippen LogP contribution in [0.4, 0.5) is 0 Å². The largest absolute Gasteiger partial charge is 0.481 e. The molecule has 0 fully saturated rings. The SMILES string of the molecule is NCCCC(CN)(CCCN)COCCC(=O)O. The average molecular weight is 261 g/mol. The lowest BCUT2D eigenvalue weighted by Crippen LogP contribution is -2.36. The maximum absolute atomic E-state index is 10.4. The van der Waals surface area contributed by atoms with E-state index in [9.17, 15) is 4.79 Å². The number of carbonyl (C=O) groups is 1. The molecule has 6 nitrogen and oxygen atoms in total. The number of aliphatic carboxylic acids is 1. The van der Waals surface area contributed by atoms with Gasteiger partial charge in [0.2, 0.25) is 0 Å². The quantitative estimate of drug-likeness (QED) is 0.364. The van der Waals surface area contributed by atoms with Crippen LogP contribution in [0.1, 0.15) is 32.1 Å². The van der Waals surface area contributed by atoms with Crippen LogP contribution in [-0.2, 0) is 9.53 Å². The first-order valence-electron chi connectivity index (χ1n) is 6.50. The molecule has 0 aromatic heterocycles. The number of ether oxygens (including phenoxy) is 1. The van der Waals surface area contributed by atoms with E-state index in [1.54, 1.807) is 0 Å². The second-order valence-electron chi connectivity index (χ2n) is 4.68. The van der Waals surface area contributed by atoms with Crippen LogP contribution in [0, 0.1) is 5.41 Å². The summed E-state index contributed by atoms with van der Waals surface area (Å²) in [7, 11) is 0. The lowest BCUT2D eigenvalue weighted by molar-refractivity contribution is -0.138. The average Bonchev–Trinajstić information content (AvgIpc) is 2.37. The first-order valence-corrected chi connectivity index (χ1v) is 6.50. The molecule has 0 spiro atoms. The lowest BCUT2D eigenvalue weighted by Gasteiger charge is -2.32. The van der Waals surface area contributed by atoms with Crippen molar-refractivity contribution in [3.8, 4) is 0 Å². The standard InChI is InChI=1S/C12H27N3O3/c13-6-1-4-12(9-15,5-2-7-14)10-18-8-3-11(16)17/h1-10,13-15H2,(H,16,17). The Morgan fingerprint density at radius 1 is 1.11 bits per heavy atom. The normalized spacial score (nSPS) is 11.7. The van der Waals surface area contributed by atoms with Crippen molar-refractivity contribution in [3.05, 3.63) is 0 Å². The van der Waals surface area contributed by atoms with Crippen LogP contribution in [-0.4, -0.2) is 43.9 Å². The Labute approximate surface area is 109 Å². The van der Waals surface area contributed by atoms with E-state index in [-0.39, 0.29) is 18.4 Å². The summed E-state index contributed by atoms with van der Waals surface area (Å²) in [5, 5.41) is 8.55. The van der Waals surface area contributed by atoms with Crippen molar-refractivity contribution >= 4 is 5.97 Å². The van der Waals surface area contributed by atoms with Gasteiger partial charge in [-0.2, -0.15) is 0 Å². The molecule has 0 aromatic rings. The molecular weight excluding hydrogens is 234 g/mol. The van der Waals surface area contributed by atoms with E-state index < -0.39 is 5.97 Å². The van der Waals surface area contributed by atoms with Gasteiger partial charge in [-0.15, -0.1) is 0 Å². The van der Waals surface area contributed by atoms with Gasteiger partial charge in [0.05, 0.1) is 19.6 Å². The van der Waals surface area contributed by atoms with Crippen molar-refractivity contribution in [2.75, 3.05) is 32.8 Å². The summed E-state index contributed by atoms with van der Waals surface area (Å²) >= 11 is 0. The molecule has 7 N–H and O–H groups in total. The Kier molecular flexibility index (Phi) is 9.86. The third-order valence-electron chi connectivity index (χ3n) is 3.12. The minimum absolute atomic E-state index is 0.0223. The van der Waals surface area contributed by atoms with Gasteiger partial charge >= 0.3 is 5.97 Å². The summed E-state index contributed by atoms with van der Waals surface area (Å²) < 4.78 is 5.45. The molecule has 0 aliphatic heterocycles. The Morgan fingerprint density at radius 2 is 1.67 bits per heavy atom. The second kappa shape index (κ2) is 10.3. The maximum atomic E-state index is 10.4. The molecular formula is C12H27N3O3. The van der Waals surface area contributed by atoms with E-state index in [2.05, 4.69) is 0 Å². The highest BCUT2D eigenvalue weighted by atomic mass is 16.5. The molecule has 0 radical (unpaired) electrons. The molecule has 0 aliphatic carbocycles. The van der Waals surface area contributed by atoms with E-state index in [0.717, 1.165) is 25.7 Å². The van der Waals surface area contributed by atoms with Gasteiger partial charge < -0.3 is 27.0 Å². The molecule has 0 heterocycles. The number of hydrogen-bond donors (Lipinski definition) is 4. The van der Waals surface area contributed by atoms with Crippen LogP contribution in [0.25, 0.3) is 0 Å². The van der Waals surface area contributed by atoms with Gasteiger partial charge in [0.15, 0.2) is 0 Å². The van der Waals surface area contributed by atoms with Crippen LogP contribution in [0.3, 0.4) is 0 Å². The third kappa shape index (κ3) is 7.60. The zero-order valence-electron chi connectivity index (χ0n) is 11.1. The Balaban J connectivity index is 4.19. The van der Waals surface area contributed by atoms with Crippen LogP contribution in [0.5, 0.6) is 0 Å². The highest BCUT2D eigenvalue weighted by Crippen LogP contribution is 2.28. The Bertz CT molecular complexity index is 217. The van der Waals surface area contributed by atoms with Gasteiger partial charge in [0.25, 0.3) is 0 Å². The third-order valence-corrected chi connectivity index (χ3v) is 3.12. The van der Waals surface area contributed by atoms with E-state index >= 15 is 0 Å². The minimum Gasteiger partial charge on any atom is -0.481 e. The monoisotopic (exact) mass is 261 g/mol. The van der Waals surface area contributed by atoms with E-state index in [1.165, 1.54) is 0 Å².